The minimum absolute atomic E-state index is 0.0322. The maximum atomic E-state index is 12.6. The summed E-state index contributed by atoms with van der Waals surface area (Å²) < 4.78 is 4.57. The normalized spacial score (nSPS) is 12.2. The van der Waals surface area contributed by atoms with Crippen molar-refractivity contribution in [1.29, 1.82) is 0 Å². The molecule has 27 heavy (non-hydrogen) atoms. The molecule has 0 fully saturated rings. The number of nitrogens with zero attached hydrogens (tertiary/aromatic N) is 4. The Morgan fingerprint density at radius 1 is 1.15 bits per heavy atom. The third-order valence-corrected chi connectivity index (χ3v) is 5.79. The topological polar surface area (TPSA) is 64.7 Å². The molecule has 3 rings (SSSR count). The Morgan fingerprint density at radius 3 is 2.44 bits per heavy atom. The van der Waals surface area contributed by atoms with Crippen molar-refractivity contribution in [2.75, 3.05) is 0 Å². The van der Waals surface area contributed by atoms with Gasteiger partial charge in [-0.3, -0.25) is 9.48 Å². The van der Waals surface area contributed by atoms with Crippen LogP contribution in [-0.4, -0.2) is 25.5 Å². The molecule has 0 bridgehead atoms. The highest BCUT2D eigenvalue weighted by Gasteiger charge is 2.17. The molecule has 1 amide bonds. The summed E-state index contributed by atoms with van der Waals surface area (Å²) in [4.78, 5) is 12.6. The lowest BCUT2D eigenvalue weighted by Gasteiger charge is -2.17. The number of halogens is 1. The Balaban J connectivity index is 1.70. The fourth-order valence-electron chi connectivity index (χ4n) is 2.96. The number of amides is 1. The van der Waals surface area contributed by atoms with Gasteiger partial charge in [0.15, 0.2) is 0 Å². The van der Waals surface area contributed by atoms with Crippen molar-refractivity contribution in [3.8, 4) is 0 Å². The third kappa shape index (κ3) is 4.30. The quantitative estimate of drug-likeness (QED) is 0.639. The number of aromatic nitrogens is 4. The van der Waals surface area contributed by atoms with Crippen molar-refractivity contribution >= 4 is 21.8 Å². The molecule has 0 saturated carbocycles. The van der Waals surface area contributed by atoms with Crippen LogP contribution in [-0.2, 0) is 6.67 Å². The number of carbonyl (C=O) groups is 1. The number of benzene rings is 1. The highest BCUT2D eigenvalue weighted by molar-refractivity contribution is 9.10. The van der Waals surface area contributed by atoms with Crippen LogP contribution in [0.25, 0.3) is 0 Å². The second-order valence-electron chi connectivity index (χ2n) is 6.71. The van der Waals surface area contributed by atoms with E-state index < -0.39 is 0 Å². The average molecular weight is 430 g/mol. The molecule has 0 saturated heterocycles. The van der Waals surface area contributed by atoms with E-state index in [4.69, 9.17) is 0 Å². The lowest BCUT2D eigenvalue weighted by atomic mass is 10.0. The van der Waals surface area contributed by atoms with Crippen molar-refractivity contribution in [2.24, 2.45) is 0 Å². The van der Waals surface area contributed by atoms with Gasteiger partial charge >= 0.3 is 0 Å². The van der Waals surface area contributed by atoms with Crippen LogP contribution < -0.4 is 5.32 Å². The van der Waals surface area contributed by atoms with E-state index in [0.717, 1.165) is 27.8 Å². The van der Waals surface area contributed by atoms with Crippen molar-refractivity contribution in [1.82, 2.24) is 24.9 Å². The van der Waals surface area contributed by atoms with Crippen LogP contribution in [0, 0.1) is 20.8 Å². The van der Waals surface area contributed by atoms with Gasteiger partial charge in [0.2, 0.25) is 0 Å². The van der Waals surface area contributed by atoms with Crippen LogP contribution in [0.15, 0.2) is 41.0 Å². The van der Waals surface area contributed by atoms with E-state index in [2.05, 4.69) is 69.6 Å². The lowest BCUT2D eigenvalue weighted by molar-refractivity contribution is 0.0929. The summed E-state index contributed by atoms with van der Waals surface area (Å²) in [6.07, 6.45) is 2.61. The average Bonchev–Trinajstić information content (AvgIpc) is 3.22. The Kier molecular flexibility index (Phi) is 5.79. The Hall–Kier alpha value is -2.41. The van der Waals surface area contributed by atoms with E-state index in [1.54, 1.807) is 16.9 Å². The van der Waals surface area contributed by atoms with E-state index in [0.29, 0.717) is 12.4 Å². The zero-order valence-electron chi connectivity index (χ0n) is 16.0. The fraction of sp³-hybridized carbons (Fsp3) is 0.350. The van der Waals surface area contributed by atoms with Crippen LogP contribution in [0.2, 0.25) is 0 Å². The molecule has 1 unspecified atom stereocenters. The smallest absolute Gasteiger partial charge is 0.272 e. The third-order valence-electron chi connectivity index (χ3n) is 4.64. The second-order valence-corrected chi connectivity index (χ2v) is 7.50. The number of hydrogen-bond acceptors (Lipinski definition) is 3. The predicted molar refractivity (Wildman–Crippen MR) is 109 cm³/mol. The zero-order valence-corrected chi connectivity index (χ0v) is 17.6. The molecule has 0 aliphatic heterocycles. The minimum Gasteiger partial charge on any atom is -0.344 e. The molecule has 0 aliphatic rings. The van der Waals surface area contributed by atoms with E-state index in [9.17, 15) is 4.79 Å². The molecule has 1 N–H and O–H groups in total. The summed E-state index contributed by atoms with van der Waals surface area (Å²) in [5, 5.41) is 12.0. The van der Waals surface area contributed by atoms with Gasteiger partial charge in [-0.05, 0) is 54.8 Å². The summed E-state index contributed by atoms with van der Waals surface area (Å²) in [7, 11) is 0. The molecule has 1 aromatic carbocycles. The van der Waals surface area contributed by atoms with Gasteiger partial charge in [0, 0.05) is 6.20 Å². The summed E-state index contributed by atoms with van der Waals surface area (Å²) in [5.41, 5.74) is 4.67. The summed E-state index contributed by atoms with van der Waals surface area (Å²) in [6.45, 7) is 8.52. The van der Waals surface area contributed by atoms with Crippen molar-refractivity contribution < 1.29 is 4.79 Å². The number of nitrogens with one attached hydrogen (secondary N) is 1. The Morgan fingerprint density at radius 2 is 1.85 bits per heavy atom. The standard InChI is InChI=1S/C20H24BrN5O/c1-5-17(16-8-6-13(2)7-9-16)22-20(27)18-10-11-25(24-18)12-26-15(4)19(21)14(3)23-26/h6-11,17H,5,12H2,1-4H3,(H,22,27). The molecule has 2 heterocycles. The molecule has 0 aliphatic carbocycles. The lowest BCUT2D eigenvalue weighted by Crippen LogP contribution is -2.28. The highest BCUT2D eigenvalue weighted by Crippen LogP contribution is 2.20. The van der Waals surface area contributed by atoms with Crippen LogP contribution in [0.5, 0.6) is 0 Å². The summed E-state index contributed by atoms with van der Waals surface area (Å²) in [6, 6.07) is 9.94. The number of aryl methyl sites for hydroxylation is 2. The first-order valence-corrected chi connectivity index (χ1v) is 9.78. The molecular formula is C20H24BrN5O. The molecule has 0 spiro atoms. The first-order valence-electron chi connectivity index (χ1n) is 8.99. The van der Waals surface area contributed by atoms with Gasteiger partial charge in [-0.15, -0.1) is 0 Å². The number of carbonyl (C=O) groups excluding carboxylic acids is 1. The molecule has 142 valence electrons. The molecular weight excluding hydrogens is 406 g/mol. The van der Waals surface area contributed by atoms with E-state index in [1.165, 1.54) is 5.56 Å². The highest BCUT2D eigenvalue weighted by atomic mass is 79.9. The van der Waals surface area contributed by atoms with E-state index in [-0.39, 0.29) is 11.9 Å². The predicted octanol–water partition coefficient (Wildman–Crippen LogP) is 4.15. The van der Waals surface area contributed by atoms with Gasteiger partial charge in [-0.1, -0.05) is 36.8 Å². The monoisotopic (exact) mass is 429 g/mol. The Bertz CT molecular complexity index is 942. The van der Waals surface area contributed by atoms with E-state index >= 15 is 0 Å². The number of rotatable bonds is 6. The van der Waals surface area contributed by atoms with Crippen LogP contribution in [0.1, 0.15) is 52.4 Å². The molecule has 1 atom stereocenters. The summed E-state index contributed by atoms with van der Waals surface area (Å²) in [5.74, 6) is -0.171. The molecule has 2 aromatic heterocycles. The van der Waals surface area contributed by atoms with Gasteiger partial charge in [0.25, 0.3) is 5.91 Å². The maximum Gasteiger partial charge on any atom is 0.272 e. The maximum absolute atomic E-state index is 12.6. The van der Waals surface area contributed by atoms with Gasteiger partial charge < -0.3 is 5.32 Å². The van der Waals surface area contributed by atoms with Gasteiger partial charge in [-0.2, -0.15) is 10.2 Å². The van der Waals surface area contributed by atoms with Crippen molar-refractivity contribution in [3.63, 3.8) is 0 Å². The Labute approximate surface area is 167 Å². The minimum atomic E-state index is -0.171. The molecule has 0 radical (unpaired) electrons. The van der Waals surface area contributed by atoms with E-state index in [1.807, 2.05) is 18.5 Å². The van der Waals surface area contributed by atoms with Crippen LogP contribution in [0.4, 0.5) is 0 Å². The molecule has 7 heteroatoms. The first kappa shape index (κ1) is 19.4. The van der Waals surface area contributed by atoms with Gasteiger partial charge in [-0.25, -0.2) is 4.68 Å². The molecule has 6 nitrogen and oxygen atoms in total. The van der Waals surface area contributed by atoms with Crippen molar-refractivity contribution in [3.05, 3.63) is 69.2 Å². The first-order chi connectivity index (χ1) is 12.9. The van der Waals surface area contributed by atoms with Gasteiger partial charge in [0.05, 0.1) is 21.9 Å². The van der Waals surface area contributed by atoms with Crippen LogP contribution in [0.3, 0.4) is 0 Å². The van der Waals surface area contributed by atoms with Crippen LogP contribution >= 0.6 is 15.9 Å². The second kappa shape index (κ2) is 8.08. The summed E-state index contributed by atoms with van der Waals surface area (Å²) >= 11 is 3.53. The SMILES string of the molecule is CCC(NC(=O)c1ccn(Cn2nc(C)c(Br)c2C)n1)c1ccc(C)cc1. The fourth-order valence-corrected chi connectivity index (χ4v) is 3.25. The molecule has 3 aromatic rings. The largest absolute Gasteiger partial charge is 0.344 e. The van der Waals surface area contributed by atoms with Crippen molar-refractivity contribution in [2.45, 2.75) is 46.8 Å². The zero-order chi connectivity index (χ0) is 19.6. The van der Waals surface area contributed by atoms with Gasteiger partial charge in [0.1, 0.15) is 12.4 Å². The number of hydrogen-bond donors (Lipinski definition) is 1.